The predicted molar refractivity (Wildman–Crippen MR) is 258 cm³/mol. The SMILES string of the molecule is c1ccc(-c2cccc(-c3nc(-c4ccccc4)nc(-c4cccc5oc6c(-n7c8ccccc8c8ccccc87)cc(-n7c8ccccc8c8ccccc87)cc6c45)n3)c2)cc1. The smallest absolute Gasteiger partial charge is 0.164 e. The molecule has 0 aliphatic carbocycles. The second kappa shape index (κ2) is 14.0. The maximum Gasteiger partial charge on any atom is 0.164 e. The van der Waals surface area contributed by atoms with Gasteiger partial charge in [-0.15, -0.1) is 0 Å². The summed E-state index contributed by atoms with van der Waals surface area (Å²) in [7, 11) is 0. The number of hydrogen-bond acceptors (Lipinski definition) is 4. The zero-order valence-corrected chi connectivity index (χ0v) is 33.9. The highest BCUT2D eigenvalue weighted by molar-refractivity contribution is 6.17. The molecule has 0 fully saturated rings. The van der Waals surface area contributed by atoms with Gasteiger partial charge in [0.05, 0.1) is 27.8 Å². The minimum atomic E-state index is 0.568. The molecular weight excluding hydrogens is 771 g/mol. The first-order valence-electron chi connectivity index (χ1n) is 21.2. The van der Waals surface area contributed by atoms with Gasteiger partial charge >= 0.3 is 0 Å². The lowest BCUT2D eigenvalue weighted by atomic mass is 10.0. The molecule has 294 valence electrons. The topological polar surface area (TPSA) is 61.7 Å². The van der Waals surface area contributed by atoms with Crippen molar-refractivity contribution in [2.75, 3.05) is 0 Å². The van der Waals surface area contributed by atoms with Gasteiger partial charge in [-0.2, -0.15) is 0 Å². The average molecular weight is 806 g/mol. The number of nitrogens with zero attached hydrogens (tertiary/aromatic N) is 5. The Morgan fingerprint density at radius 1 is 0.333 bits per heavy atom. The normalized spacial score (nSPS) is 11.8. The molecule has 9 aromatic carbocycles. The zero-order valence-electron chi connectivity index (χ0n) is 33.9. The molecule has 0 spiro atoms. The monoisotopic (exact) mass is 805 g/mol. The Bertz CT molecular complexity index is 3810. The third kappa shape index (κ3) is 5.55. The van der Waals surface area contributed by atoms with Gasteiger partial charge < -0.3 is 13.6 Å². The van der Waals surface area contributed by atoms with Crippen molar-refractivity contribution in [2.45, 2.75) is 0 Å². The van der Waals surface area contributed by atoms with Crippen molar-refractivity contribution in [3.63, 3.8) is 0 Å². The third-order valence-corrected chi connectivity index (χ3v) is 12.4. The van der Waals surface area contributed by atoms with E-state index in [1.54, 1.807) is 0 Å². The first kappa shape index (κ1) is 35.2. The van der Waals surface area contributed by atoms with Crippen LogP contribution in [0.25, 0.3) is 122 Å². The first-order chi connectivity index (χ1) is 31.2. The number of benzene rings is 9. The van der Waals surface area contributed by atoms with Crippen LogP contribution in [0, 0.1) is 0 Å². The molecule has 0 saturated heterocycles. The number of rotatable bonds is 6. The van der Waals surface area contributed by atoms with Gasteiger partial charge in [-0.25, -0.2) is 15.0 Å². The average Bonchev–Trinajstić information content (AvgIpc) is 4.02. The minimum absolute atomic E-state index is 0.568. The van der Waals surface area contributed by atoms with Crippen molar-refractivity contribution in [2.24, 2.45) is 0 Å². The van der Waals surface area contributed by atoms with Crippen molar-refractivity contribution in [3.05, 3.63) is 212 Å². The van der Waals surface area contributed by atoms with Gasteiger partial charge in [0.1, 0.15) is 5.58 Å². The van der Waals surface area contributed by atoms with Crippen LogP contribution < -0.4 is 0 Å². The zero-order chi connectivity index (χ0) is 41.4. The van der Waals surface area contributed by atoms with Crippen molar-refractivity contribution >= 4 is 65.6 Å². The second-order valence-electron chi connectivity index (χ2n) is 16.0. The van der Waals surface area contributed by atoms with E-state index in [4.69, 9.17) is 19.4 Å². The molecule has 6 nitrogen and oxygen atoms in total. The first-order valence-corrected chi connectivity index (χ1v) is 21.2. The summed E-state index contributed by atoms with van der Waals surface area (Å²) >= 11 is 0. The van der Waals surface area contributed by atoms with Gasteiger partial charge in [0.25, 0.3) is 0 Å². The lowest BCUT2D eigenvalue weighted by Gasteiger charge is -2.14. The Labute approximate surface area is 361 Å². The van der Waals surface area contributed by atoms with Crippen LogP contribution in [-0.2, 0) is 0 Å². The Hall–Kier alpha value is -8.61. The van der Waals surface area contributed by atoms with Crippen LogP contribution in [-0.4, -0.2) is 24.1 Å². The van der Waals surface area contributed by atoms with Gasteiger partial charge in [0, 0.05) is 54.7 Å². The van der Waals surface area contributed by atoms with E-state index in [-0.39, 0.29) is 0 Å². The van der Waals surface area contributed by atoms with E-state index in [1.807, 2.05) is 42.5 Å². The number of hydrogen-bond donors (Lipinski definition) is 0. The Kier molecular flexibility index (Phi) is 7.80. The van der Waals surface area contributed by atoms with Crippen molar-refractivity contribution < 1.29 is 4.42 Å². The van der Waals surface area contributed by atoms with Gasteiger partial charge in [0.2, 0.25) is 0 Å². The lowest BCUT2D eigenvalue weighted by molar-refractivity contribution is 0.666. The molecule has 63 heavy (non-hydrogen) atoms. The highest BCUT2D eigenvalue weighted by Crippen LogP contribution is 2.44. The molecule has 0 amide bonds. The fourth-order valence-electron chi connectivity index (χ4n) is 9.57. The molecule has 0 N–H and O–H groups in total. The number of aromatic nitrogens is 5. The molecule has 0 saturated carbocycles. The van der Waals surface area contributed by atoms with E-state index in [2.05, 4.69) is 179 Å². The fraction of sp³-hybridized carbons (Fsp3) is 0. The summed E-state index contributed by atoms with van der Waals surface area (Å²) in [6.45, 7) is 0. The van der Waals surface area contributed by atoms with Crippen LogP contribution in [0.5, 0.6) is 0 Å². The van der Waals surface area contributed by atoms with Crippen LogP contribution >= 0.6 is 0 Å². The molecule has 13 rings (SSSR count). The largest absolute Gasteiger partial charge is 0.454 e. The van der Waals surface area contributed by atoms with Gasteiger partial charge in [-0.1, -0.05) is 164 Å². The van der Waals surface area contributed by atoms with Crippen molar-refractivity contribution in [1.82, 2.24) is 24.1 Å². The van der Waals surface area contributed by atoms with E-state index >= 15 is 0 Å². The molecule has 6 heteroatoms. The fourth-order valence-corrected chi connectivity index (χ4v) is 9.57. The maximum absolute atomic E-state index is 7.11. The molecule has 0 radical (unpaired) electrons. The van der Waals surface area contributed by atoms with Crippen LogP contribution in [0.15, 0.2) is 217 Å². The minimum Gasteiger partial charge on any atom is -0.454 e. The van der Waals surface area contributed by atoms with E-state index in [0.717, 1.165) is 83.2 Å². The number of para-hydroxylation sites is 4. The van der Waals surface area contributed by atoms with E-state index in [1.165, 1.54) is 21.5 Å². The molecule has 0 aliphatic rings. The Morgan fingerprint density at radius 2 is 0.810 bits per heavy atom. The summed E-state index contributed by atoms with van der Waals surface area (Å²) in [5, 5.41) is 6.67. The maximum atomic E-state index is 7.11. The van der Waals surface area contributed by atoms with Crippen molar-refractivity contribution in [3.8, 4) is 56.7 Å². The molecule has 0 aliphatic heterocycles. The van der Waals surface area contributed by atoms with Crippen LogP contribution in [0.4, 0.5) is 0 Å². The Morgan fingerprint density at radius 3 is 1.43 bits per heavy atom. The second-order valence-corrected chi connectivity index (χ2v) is 16.0. The standard InChI is InChI=1S/C57H35N5O/c1-3-17-36(18-4-1)38-21-15-22-39(33-38)56-58-55(37-19-5-2-6-20-37)59-57(60-56)45-27-16-32-52-53(45)46-34-40(61-47-28-11-7-23-41(47)42-24-8-12-29-48(42)61)35-51(54(46)63-52)62-49-30-13-9-25-43(49)44-26-10-14-31-50(44)62/h1-35H. The molecule has 4 aromatic heterocycles. The number of fused-ring (bicyclic) bond motifs is 9. The Balaban J connectivity index is 1.13. The summed E-state index contributed by atoms with van der Waals surface area (Å²) in [6, 6.07) is 74.3. The van der Waals surface area contributed by atoms with Crippen LogP contribution in [0.2, 0.25) is 0 Å². The summed E-state index contributed by atoms with van der Waals surface area (Å²) < 4.78 is 11.9. The quantitative estimate of drug-likeness (QED) is 0.168. The molecule has 0 unspecified atom stereocenters. The number of furan rings is 1. The highest BCUT2D eigenvalue weighted by atomic mass is 16.3. The highest BCUT2D eigenvalue weighted by Gasteiger charge is 2.24. The lowest BCUT2D eigenvalue weighted by Crippen LogP contribution is -2.01. The van der Waals surface area contributed by atoms with E-state index in [0.29, 0.717) is 17.5 Å². The van der Waals surface area contributed by atoms with Gasteiger partial charge in [0.15, 0.2) is 23.1 Å². The summed E-state index contributed by atoms with van der Waals surface area (Å²) in [5.74, 6) is 1.76. The summed E-state index contributed by atoms with van der Waals surface area (Å²) in [4.78, 5) is 15.7. The van der Waals surface area contributed by atoms with Gasteiger partial charge in [-0.3, -0.25) is 0 Å². The summed E-state index contributed by atoms with van der Waals surface area (Å²) in [6.07, 6.45) is 0. The molecule has 13 aromatic rings. The van der Waals surface area contributed by atoms with Crippen molar-refractivity contribution in [1.29, 1.82) is 0 Å². The molecule has 0 atom stereocenters. The van der Waals surface area contributed by atoms with E-state index < -0.39 is 0 Å². The van der Waals surface area contributed by atoms with Gasteiger partial charge in [-0.05, 0) is 59.7 Å². The molecule has 4 heterocycles. The molecule has 0 bridgehead atoms. The van der Waals surface area contributed by atoms with E-state index in [9.17, 15) is 0 Å². The van der Waals surface area contributed by atoms with Crippen LogP contribution in [0.3, 0.4) is 0 Å². The summed E-state index contributed by atoms with van der Waals surface area (Å²) in [5.41, 5.74) is 12.9. The molecular formula is C57H35N5O. The van der Waals surface area contributed by atoms with Crippen LogP contribution in [0.1, 0.15) is 0 Å². The predicted octanol–water partition coefficient (Wildman–Crippen LogP) is 14.6. The third-order valence-electron chi connectivity index (χ3n) is 12.4.